The van der Waals surface area contributed by atoms with Crippen LogP contribution in [0, 0.1) is 0 Å². The van der Waals surface area contributed by atoms with Crippen molar-refractivity contribution >= 4 is 11.7 Å². The summed E-state index contributed by atoms with van der Waals surface area (Å²) in [7, 11) is 1.63. The lowest BCUT2D eigenvalue weighted by Gasteiger charge is -2.56. The Morgan fingerprint density at radius 3 is 2.44 bits per heavy atom. The molecular formula is C28H39N7O4. The number of anilines is 1. The van der Waals surface area contributed by atoms with Gasteiger partial charge in [-0.3, -0.25) is 14.7 Å². The van der Waals surface area contributed by atoms with Crippen LogP contribution in [0.1, 0.15) is 47.0 Å². The number of piperidine rings is 1. The maximum atomic E-state index is 13.0. The van der Waals surface area contributed by atoms with Gasteiger partial charge in [0.15, 0.2) is 5.82 Å². The van der Waals surface area contributed by atoms with Crippen molar-refractivity contribution in [2.24, 2.45) is 5.73 Å². The number of phenols is 1. The predicted molar refractivity (Wildman–Crippen MR) is 149 cm³/mol. The Kier molecular flexibility index (Phi) is 8.53. The molecule has 1 aliphatic rings. The fraction of sp³-hybridized carbons (Fsp3) is 0.500. The minimum Gasteiger partial charge on any atom is -0.507 e. The molecule has 1 amide bonds. The molecule has 0 unspecified atom stereocenters. The van der Waals surface area contributed by atoms with Gasteiger partial charge in [-0.15, -0.1) is 10.2 Å². The summed E-state index contributed by atoms with van der Waals surface area (Å²) in [5.41, 5.74) is 7.67. The highest BCUT2D eigenvalue weighted by Crippen LogP contribution is 2.42. The molecule has 11 nitrogen and oxygen atoms in total. The molecule has 1 aromatic carbocycles. The van der Waals surface area contributed by atoms with Crippen molar-refractivity contribution in [3.8, 4) is 28.1 Å². The van der Waals surface area contributed by atoms with Gasteiger partial charge in [-0.1, -0.05) is 6.07 Å². The van der Waals surface area contributed by atoms with Crippen LogP contribution in [0.5, 0.6) is 5.75 Å². The number of likely N-dealkylation sites (tertiary alicyclic amines) is 1. The number of hydroxylamine groups is 1. The minimum atomic E-state index is -0.433. The van der Waals surface area contributed by atoms with Crippen LogP contribution < -0.4 is 10.8 Å². The number of phenolic OH excluding ortho intramolecular Hbond substituents is 1. The Hall–Kier alpha value is -3.54. The molecule has 210 valence electrons. The highest BCUT2D eigenvalue weighted by Gasteiger charge is 2.49. The number of nitrogens with zero attached hydrogens (tertiary/aromatic N) is 5. The van der Waals surface area contributed by atoms with E-state index in [0.29, 0.717) is 56.1 Å². The number of aromatic amines is 1. The van der Waals surface area contributed by atoms with Crippen LogP contribution in [0.25, 0.3) is 22.4 Å². The van der Waals surface area contributed by atoms with Gasteiger partial charge in [-0.2, -0.15) is 5.10 Å². The maximum Gasteiger partial charge on any atom is 0.224 e. The average molecular weight is 538 g/mol. The summed E-state index contributed by atoms with van der Waals surface area (Å²) < 4.78 is 5.21. The number of hydrogen-bond donors (Lipinski definition) is 3. The standard InChI is InChI=1S/C28H39N7O4/c1-27(2)15-21(16-28(3,4)35(27)26(37)10-11-29)34(39-13-12-38-5)25-9-8-23(32-33-25)22-7-6-19(14-24(22)36)20-17-30-31-18-20/h6-9,14,17-18,21,36H,10-13,15-16,29H2,1-5H3,(H,30,31). The lowest BCUT2D eigenvalue weighted by atomic mass is 9.76. The highest BCUT2D eigenvalue weighted by atomic mass is 16.7. The first-order chi connectivity index (χ1) is 18.6. The third kappa shape index (κ3) is 6.21. The molecule has 0 aliphatic carbocycles. The SMILES string of the molecule is COCCON(c1ccc(-c2ccc(-c3cn[nH]c3)cc2O)nn1)C1CC(C)(C)N(C(=O)CCN)C(C)(C)C1. The Labute approximate surface area is 229 Å². The quantitative estimate of drug-likeness (QED) is 0.261. The summed E-state index contributed by atoms with van der Waals surface area (Å²) in [6, 6.07) is 8.98. The number of nitrogens with two attached hydrogens (primary N) is 1. The molecular weight excluding hydrogens is 498 g/mol. The van der Waals surface area contributed by atoms with Crippen molar-refractivity contribution in [1.29, 1.82) is 0 Å². The Morgan fingerprint density at radius 1 is 1.13 bits per heavy atom. The van der Waals surface area contributed by atoms with Gasteiger partial charge in [0.2, 0.25) is 5.91 Å². The largest absolute Gasteiger partial charge is 0.507 e. The molecule has 1 fully saturated rings. The van der Waals surface area contributed by atoms with Crippen LogP contribution in [-0.4, -0.2) is 80.3 Å². The lowest BCUT2D eigenvalue weighted by molar-refractivity contribution is -0.151. The number of benzene rings is 1. The molecule has 11 heteroatoms. The zero-order valence-electron chi connectivity index (χ0n) is 23.3. The first-order valence-corrected chi connectivity index (χ1v) is 13.2. The summed E-state index contributed by atoms with van der Waals surface area (Å²) >= 11 is 0. The summed E-state index contributed by atoms with van der Waals surface area (Å²) in [6.07, 6.45) is 5.11. The molecule has 0 saturated carbocycles. The second-order valence-electron chi connectivity index (χ2n) is 11.1. The van der Waals surface area contributed by atoms with E-state index in [1.807, 2.05) is 29.2 Å². The van der Waals surface area contributed by atoms with Crippen LogP contribution in [0.3, 0.4) is 0 Å². The van der Waals surface area contributed by atoms with E-state index in [1.165, 1.54) is 0 Å². The molecule has 3 heterocycles. The molecule has 4 N–H and O–H groups in total. The third-order valence-corrected chi connectivity index (χ3v) is 7.12. The average Bonchev–Trinajstić information content (AvgIpc) is 3.41. The van der Waals surface area contributed by atoms with Gasteiger partial charge in [0.25, 0.3) is 0 Å². The van der Waals surface area contributed by atoms with Gasteiger partial charge in [0, 0.05) is 48.5 Å². The van der Waals surface area contributed by atoms with Crippen molar-refractivity contribution < 1.29 is 19.5 Å². The minimum absolute atomic E-state index is 0.0561. The van der Waals surface area contributed by atoms with E-state index in [0.717, 1.165) is 11.1 Å². The van der Waals surface area contributed by atoms with Gasteiger partial charge in [-0.05, 0) is 70.4 Å². The van der Waals surface area contributed by atoms with Gasteiger partial charge in [-0.25, -0.2) is 5.06 Å². The Morgan fingerprint density at radius 2 is 1.87 bits per heavy atom. The molecule has 39 heavy (non-hydrogen) atoms. The zero-order chi connectivity index (χ0) is 28.2. The van der Waals surface area contributed by atoms with E-state index >= 15 is 0 Å². The summed E-state index contributed by atoms with van der Waals surface area (Å²) in [6.45, 7) is 9.38. The fourth-order valence-corrected chi connectivity index (χ4v) is 5.80. The number of hydrogen-bond acceptors (Lipinski definition) is 9. The number of methoxy groups -OCH3 is 1. The molecule has 2 aromatic heterocycles. The number of aromatic nitrogens is 4. The molecule has 0 bridgehead atoms. The number of aromatic hydroxyl groups is 1. The fourth-order valence-electron chi connectivity index (χ4n) is 5.80. The number of carbonyl (C=O) groups is 1. The Balaban J connectivity index is 1.60. The van der Waals surface area contributed by atoms with Crippen LogP contribution in [-0.2, 0) is 14.4 Å². The molecule has 0 spiro atoms. The number of ether oxygens (including phenoxy) is 1. The van der Waals surface area contributed by atoms with Gasteiger partial charge >= 0.3 is 0 Å². The maximum absolute atomic E-state index is 13.0. The number of H-pyrrole nitrogens is 1. The first kappa shape index (κ1) is 28.5. The van der Waals surface area contributed by atoms with Crippen molar-refractivity contribution in [3.05, 3.63) is 42.7 Å². The number of rotatable bonds is 10. The van der Waals surface area contributed by atoms with Gasteiger partial charge < -0.3 is 20.5 Å². The number of amides is 1. The molecule has 3 aromatic rings. The van der Waals surface area contributed by atoms with Crippen molar-refractivity contribution in [1.82, 2.24) is 25.3 Å². The summed E-state index contributed by atoms with van der Waals surface area (Å²) in [4.78, 5) is 21.2. The van der Waals surface area contributed by atoms with Crippen LogP contribution in [0.2, 0.25) is 0 Å². The normalized spacial score (nSPS) is 16.8. The smallest absolute Gasteiger partial charge is 0.224 e. The molecule has 0 radical (unpaired) electrons. The molecule has 4 rings (SSSR count). The Bertz CT molecular complexity index is 1230. The number of carbonyl (C=O) groups excluding carboxylic acids is 1. The van der Waals surface area contributed by atoms with E-state index in [-0.39, 0.29) is 17.7 Å². The topological polar surface area (TPSA) is 143 Å². The number of nitrogens with one attached hydrogen (secondary N) is 1. The van der Waals surface area contributed by atoms with E-state index in [4.69, 9.17) is 15.3 Å². The second kappa shape index (κ2) is 11.7. The summed E-state index contributed by atoms with van der Waals surface area (Å²) in [5.74, 6) is 0.699. The lowest BCUT2D eigenvalue weighted by Crippen LogP contribution is -2.66. The molecule has 1 aliphatic heterocycles. The van der Waals surface area contributed by atoms with Crippen LogP contribution >= 0.6 is 0 Å². The second-order valence-corrected chi connectivity index (χ2v) is 11.1. The molecule has 1 saturated heterocycles. The monoisotopic (exact) mass is 537 g/mol. The van der Waals surface area contributed by atoms with E-state index in [9.17, 15) is 9.90 Å². The first-order valence-electron chi connectivity index (χ1n) is 13.2. The van der Waals surface area contributed by atoms with E-state index in [2.05, 4.69) is 48.1 Å². The van der Waals surface area contributed by atoms with Crippen molar-refractivity contribution in [2.45, 2.75) is 64.1 Å². The van der Waals surface area contributed by atoms with Gasteiger partial charge in [0.05, 0.1) is 31.1 Å². The third-order valence-electron chi connectivity index (χ3n) is 7.12. The summed E-state index contributed by atoms with van der Waals surface area (Å²) in [5, 5.41) is 28.2. The van der Waals surface area contributed by atoms with Crippen molar-refractivity contribution in [2.75, 3.05) is 31.9 Å². The zero-order valence-corrected chi connectivity index (χ0v) is 23.3. The van der Waals surface area contributed by atoms with Crippen molar-refractivity contribution in [3.63, 3.8) is 0 Å². The van der Waals surface area contributed by atoms with E-state index < -0.39 is 11.1 Å². The predicted octanol–water partition coefficient (Wildman–Crippen LogP) is 3.52. The van der Waals surface area contributed by atoms with Crippen LogP contribution in [0.15, 0.2) is 42.7 Å². The molecule has 0 atom stereocenters. The van der Waals surface area contributed by atoms with Gasteiger partial charge in [0.1, 0.15) is 5.75 Å². The van der Waals surface area contributed by atoms with E-state index in [1.54, 1.807) is 30.6 Å². The van der Waals surface area contributed by atoms with Crippen LogP contribution in [0.4, 0.5) is 5.82 Å². The highest BCUT2D eigenvalue weighted by molar-refractivity contribution is 5.78.